The summed E-state index contributed by atoms with van der Waals surface area (Å²) < 4.78 is 10.7. The molecule has 1 aromatic carbocycles. The van der Waals surface area contributed by atoms with Gasteiger partial charge in [0.15, 0.2) is 11.5 Å². The molecule has 0 saturated carbocycles. The first-order valence-corrected chi connectivity index (χ1v) is 5.50. The number of ether oxygens (including phenoxy) is 2. The van der Waals surface area contributed by atoms with E-state index in [4.69, 9.17) is 14.6 Å². The summed E-state index contributed by atoms with van der Waals surface area (Å²) in [4.78, 5) is 0. The first kappa shape index (κ1) is 13.3. The van der Waals surface area contributed by atoms with Gasteiger partial charge in [0.25, 0.3) is 0 Å². The number of hydrazone groups is 1. The summed E-state index contributed by atoms with van der Waals surface area (Å²) in [7, 11) is 1.60. The number of hydrogen-bond donors (Lipinski definition) is 2. The van der Waals surface area contributed by atoms with Crippen LogP contribution in [0.25, 0.3) is 0 Å². The van der Waals surface area contributed by atoms with Crippen LogP contribution in [-0.4, -0.2) is 38.2 Å². The van der Waals surface area contributed by atoms with Crippen LogP contribution in [0.5, 0.6) is 11.5 Å². The van der Waals surface area contributed by atoms with Crippen molar-refractivity contribution in [2.45, 2.75) is 6.92 Å². The first-order chi connectivity index (χ1) is 8.33. The molecule has 0 unspecified atom stereocenters. The number of nitrogens with one attached hydrogen (secondary N) is 1. The molecule has 0 radical (unpaired) electrons. The average Bonchev–Trinajstić information content (AvgIpc) is 2.36. The van der Waals surface area contributed by atoms with Crippen molar-refractivity contribution < 1.29 is 14.6 Å². The molecule has 0 aromatic heterocycles. The highest BCUT2D eigenvalue weighted by molar-refractivity contribution is 5.84. The summed E-state index contributed by atoms with van der Waals surface area (Å²) in [6, 6.07) is 5.59. The zero-order valence-corrected chi connectivity index (χ0v) is 10.1. The highest BCUT2D eigenvalue weighted by Gasteiger charge is 2.07. The minimum Gasteiger partial charge on any atom is -0.493 e. The molecule has 0 heterocycles. The third kappa shape index (κ3) is 3.96. The van der Waals surface area contributed by atoms with Crippen molar-refractivity contribution in [3.8, 4) is 11.5 Å². The van der Waals surface area contributed by atoms with Gasteiger partial charge < -0.3 is 20.0 Å². The number of aliphatic hydroxyl groups is 1. The van der Waals surface area contributed by atoms with Crippen LogP contribution in [0.1, 0.15) is 12.5 Å². The van der Waals surface area contributed by atoms with Gasteiger partial charge in [-0.15, -0.1) is 0 Å². The molecule has 94 valence electrons. The second kappa shape index (κ2) is 7.51. The summed E-state index contributed by atoms with van der Waals surface area (Å²) in [5.41, 5.74) is 3.54. The van der Waals surface area contributed by atoms with Crippen molar-refractivity contribution in [3.63, 3.8) is 0 Å². The standard InChI is InChI=1S/C12H18N2O3/c1-3-17-12-10(9-14-13-7-8-15)5-4-6-11(12)16-2/h4-6,9,13,15H,3,7-8H2,1-2H3. The number of benzene rings is 1. The molecule has 0 aliphatic heterocycles. The van der Waals surface area contributed by atoms with Crippen molar-refractivity contribution in [1.29, 1.82) is 0 Å². The van der Waals surface area contributed by atoms with Gasteiger partial charge in [-0.25, -0.2) is 0 Å². The first-order valence-electron chi connectivity index (χ1n) is 5.50. The summed E-state index contributed by atoms with van der Waals surface area (Å²) in [6.07, 6.45) is 1.64. The third-order valence-corrected chi connectivity index (χ3v) is 2.04. The molecule has 17 heavy (non-hydrogen) atoms. The van der Waals surface area contributed by atoms with Crippen molar-refractivity contribution in [3.05, 3.63) is 23.8 Å². The fraction of sp³-hybridized carbons (Fsp3) is 0.417. The van der Waals surface area contributed by atoms with Crippen LogP contribution in [0.2, 0.25) is 0 Å². The lowest BCUT2D eigenvalue weighted by atomic mass is 10.2. The van der Waals surface area contributed by atoms with Crippen LogP contribution in [-0.2, 0) is 0 Å². The Hall–Kier alpha value is -1.75. The maximum atomic E-state index is 8.60. The van der Waals surface area contributed by atoms with Gasteiger partial charge in [-0.1, -0.05) is 6.07 Å². The Bertz CT molecular complexity index is 367. The van der Waals surface area contributed by atoms with Gasteiger partial charge in [0, 0.05) is 5.56 Å². The normalized spacial score (nSPS) is 10.5. The SMILES string of the molecule is CCOc1c(C=NNCCO)cccc1OC. The Labute approximate surface area is 101 Å². The van der Waals surface area contributed by atoms with E-state index in [-0.39, 0.29) is 6.61 Å². The van der Waals surface area contributed by atoms with Crippen LogP contribution in [0.4, 0.5) is 0 Å². The van der Waals surface area contributed by atoms with Crippen LogP contribution in [0.15, 0.2) is 23.3 Å². The predicted octanol–water partition coefficient (Wildman–Crippen LogP) is 1.01. The summed E-state index contributed by atoms with van der Waals surface area (Å²) >= 11 is 0. The number of nitrogens with zero attached hydrogens (tertiary/aromatic N) is 1. The summed E-state index contributed by atoms with van der Waals surface area (Å²) in [6.45, 7) is 2.95. The van der Waals surface area contributed by atoms with E-state index in [1.807, 2.05) is 25.1 Å². The van der Waals surface area contributed by atoms with Crippen LogP contribution in [0.3, 0.4) is 0 Å². The molecule has 2 N–H and O–H groups in total. The number of methoxy groups -OCH3 is 1. The second-order valence-corrected chi connectivity index (χ2v) is 3.20. The lowest BCUT2D eigenvalue weighted by Crippen LogP contribution is -2.11. The van der Waals surface area contributed by atoms with Crippen molar-refractivity contribution in [1.82, 2.24) is 5.43 Å². The zero-order chi connectivity index (χ0) is 12.5. The Kier molecular flexibility index (Phi) is 5.88. The third-order valence-electron chi connectivity index (χ3n) is 2.04. The summed E-state index contributed by atoms with van der Waals surface area (Å²) in [5.74, 6) is 1.35. The Morgan fingerprint density at radius 3 is 2.94 bits per heavy atom. The summed E-state index contributed by atoms with van der Waals surface area (Å²) in [5, 5.41) is 12.6. The average molecular weight is 238 g/mol. The molecular formula is C12H18N2O3. The van der Waals surface area contributed by atoms with Gasteiger partial charge in [0.2, 0.25) is 0 Å². The monoisotopic (exact) mass is 238 g/mol. The molecule has 5 heteroatoms. The van der Waals surface area contributed by atoms with Crippen LogP contribution < -0.4 is 14.9 Å². The Morgan fingerprint density at radius 1 is 1.47 bits per heavy atom. The topological polar surface area (TPSA) is 63.1 Å². The number of hydrogen-bond acceptors (Lipinski definition) is 5. The van der Waals surface area contributed by atoms with Gasteiger partial charge >= 0.3 is 0 Å². The Balaban J connectivity index is 2.85. The highest BCUT2D eigenvalue weighted by atomic mass is 16.5. The molecule has 1 rings (SSSR count). The molecule has 5 nitrogen and oxygen atoms in total. The Morgan fingerprint density at radius 2 is 2.29 bits per heavy atom. The fourth-order valence-corrected chi connectivity index (χ4v) is 1.32. The molecule has 1 aromatic rings. The molecule has 0 fully saturated rings. The lowest BCUT2D eigenvalue weighted by molar-refractivity contribution is 0.293. The van der Waals surface area contributed by atoms with Crippen molar-refractivity contribution >= 4 is 6.21 Å². The molecule has 0 bridgehead atoms. The molecule has 0 saturated heterocycles. The van der Waals surface area contributed by atoms with Gasteiger partial charge in [-0.2, -0.15) is 5.10 Å². The number of para-hydroxylation sites is 1. The highest BCUT2D eigenvalue weighted by Crippen LogP contribution is 2.29. The van der Waals surface area contributed by atoms with E-state index >= 15 is 0 Å². The minimum absolute atomic E-state index is 0.0494. The van der Waals surface area contributed by atoms with Crippen molar-refractivity contribution in [2.24, 2.45) is 5.10 Å². The molecule has 0 spiro atoms. The number of aliphatic hydroxyl groups excluding tert-OH is 1. The molecule has 0 aliphatic carbocycles. The molecule has 0 atom stereocenters. The van der Waals surface area contributed by atoms with Gasteiger partial charge in [0.1, 0.15) is 0 Å². The molecule has 0 aliphatic rings. The van der Waals surface area contributed by atoms with Crippen molar-refractivity contribution in [2.75, 3.05) is 26.9 Å². The van der Waals surface area contributed by atoms with E-state index in [9.17, 15) is 0 Å². The lowest BCUT2D eigenvalue weighted by Gasteiger charge is -2.11. The van der Waals surface area contributed by atoms with Gasteiger partial charge in [0.05, 0.1) is 33.1 Å². The van der Waals surface area contributed by atoms with Crippen LogP contribution >= 0.6 is 0 Å². The van der Waals surface area contributed by atoms with E-state index in [2.05, 4.69) is 10.5 Å². The maximum Gasteiger partial charge on any atom is 0.169 e. The van der Waals surface area contributed by atoms with E-state index in [1.54, 1.807) is 13.3 Å². The van der Waals surface area contributed by atoms with E-state index < -0.39 is 0 Å². The fourth-order valence-electron chi connectivity index (χ4n) is 1.32. The predicted molar refractivity (Wildman–Crippen MR) is 66.8 cm³/mol. The molecule has 0 amide bonds. The van der Waals surface area contributed by atoms with E-state index in [0.29, 0.717) is 24.7 Å². The van der Waals surface area contributed by atoms with Gasteiger partial charge in [-0.05, 0) is 19.1 Å². The largest absolute Gasteiger partial charge is 0.493 e. The minimum atomic E-state index is 0.0494. The zero-order valence-electron chi connectivity index (χ0n) is 10.1. The smallest absolute Gasteiger partial charge is 0.169 e. The maximum absolute atomic E-state index is 8.60. The van der Waals surface area contributed by atoms with Crippen LogP contribution in [0, 0.1) is 0 Å². The number of rotatable bonds is 7. The second-order valence-electron chi connectivity index (χ2n) is 3.20. The quantitative estimate of drug-likeness (QED) is 0.423. The van der Waals surface area contributed by atoms with E-state index in [1.165, 1.54) is 0 Å². The van der Waals surface area contributed by atoms with E-state index in [0.717, 1.165) is 5.56 Å². The molecular weight excluding hydrogens is 220 g/mol. The van der Waals surface area contributed by atoms with Gasteiger partial charge in [-0.3, -0.25) is 0 Å².